The van der Waals surface area contributed by atoms with Crippen LogP contribution in [0.3, 0.4) is 0 Å². The van der Waals surface area contributed by atoms with Crippen molar-refractivity contribution in [3.05, 3.63) is 35.4 Å². The molecule has 0 amide bonds. The van der Waals surface area contributed by atoms with Gasteiger partial charge >= 0.3 is 0 Å². The number of nitrogens with zero attached hydrogens (tertiary/aromatic N) is 3. The first-order chi connectivity index (χ1) is 13.1. The lowest BCUT2D eigenvalue weighted by atomic mass is 9.54. The minimum Gasteiger partial charge on any atom is -0.497 e. The molecule has 3 atom stereocenters. The molecule has 0 bridgehead atoms. The summed E-state index contributed by atoms with van der Waals surface area (Å²) in [5.74, 6) is -0.724. The maximum Gasteiger partial charge on any atom is 0.189 e. The van der Waals surface area contributed by atoms with Crippen molar-refractivity contribution in [2.24, 2.45) is 17.3 Å². The molecule has 0 saturated heterocycles. The maximum absolute atomic E-state index is 10.0. The van der Waals surface area contributed by atoms with Gasteiger partial charge in [-0.3, -0.25) is 0 Å². The summed E-state index contributed by atoms with van der Waals surface area (Å²) in [7, 11) is 3.06. The number of ether oxygens (including phenoxy) is 2. The van der Waals surface area contributed by atoms with E-state index in [9.17, 15) is 15.8 Å². The van der Waals surface area contributed by atoms with E-state index in [1.165, 1.54) is 14.2 Å². The summed E-state index contributed by atoms with van der Waals surface area (Å²) in [6.07, 6.45) is 1.90. The third-order valence-corrected chi connectivity index (χ3v) is 5.44. The van der Waals surface area contributed by atoms with Gasteiger partial charge < -0.3 is 20.2 Å². The van der Waals surface area contributed by atoms with Gasteiger partial charge in [0.25, 0.3) is 0 Å². The molecule has 1 fully saturated rings. The Hall–Kier alpha value is -3.34. The van der Waals surface area contributed by atoms with E-state index >= 15 is 0 Å². The zero-order valence-corrected chi connectivity index (χ0v) is 15.1. The Morgan fingerprint density at radius 1 is 1.19 bits per heavy atom. The Bertz CT molecular complexity index is 917. The van der Waals surface area contributed by atoms with Crippen LogP contribution < -0.4 is 14.8 Å². The van der Waals surface area contributed by atoms with Gasteiger partial charge in [0.15, 0.2) is 5.41 Å². The van der Waals surface area contributed by atoms with Gasteiger partial charge in [-0.25, -0.2) is 0 Å². The molecule has 2 aliphatic rings. The van der Waals surface area contributed by atoms with Gasteiger partial charge in [0.2, 0.25) is 0 Å². The van der Waals surface area contributed by atoms with Crippen LogP contribution in [0.4, 0.5) is 0 Å². The van der Waals surface area contributed by atoms with Crippen LogP contribution in [-0.4, -0.2) is 33.0 Å². The molecule has 0 radical (unpaired) electrons. The molecule has 0 unspecified atom stereocenters. The molecule has 1 aliphatic carbocycles. The van der Waals surface area contributed by atoms with Gasteiger partial charge in [0.05, 0.1) is 38.1 Å². The van der Waals surface area contributed by atoms with Crippen molar-refractivity contribution in [2.75, 3.05) is 27.3 Å². The summed E-state index contributed by atoms with van der Waals surface area (Å²) in [6.45, 7) is 1.10. The van der Waals surface area contributed by atoms with Gasteiger partial charge in [0, 0.05) is 30.5 Å². The quantitative estimate of drug-likeness (QED) is 0.794. The fourth-order valence-corrected chi connectivity index (χ4v) is 4.16. The Morgan fingerprint density at radius 2 is 1.93 bits per heavy atom. The summed E-state index contributed by atoms with van der Waals surface area (Å²) in [5, 5.41) is 41.5. The third kappa shape index (κ3) is 2.63. The van der Waals surface area contributed by atoms with Gasteiger partial charge in [-0.05, 0) is 23.8 Å². The second-order valence-corrected chi connectivity index (χ2v) is 6.56. The monoisotopic (exact) mass is 361 g/mol. The lowest BCUT2D eigenvalue weighted by Gasteiger charge is -2.46. The van der Waals surface area contributed by atoms with Crippen molar-refractivity contribution < 1.29 is 9.47 Å². The predicted molar refractivity (Wildman–Crippen MR) is 97.2 cm³/mol. The molecule has 3 rings (SSSR count). The summed E-state index contributed by atoms with van der Waals surface area (Å²) >= 11 is 0. The molecule has 7 heteroatoms. The lowest BCUT2D eigenvalue weighted by molar-refractivity contribution is 0.316. The topological polar surface area (TPSA) is 126 Å². The van der Waals surface area contributed by atoms with Crippen molar-refractivity contribution >= 4 is 5.71 Å². The molecule has 27 heavy (non-hydrogen) atoms. The smallest absolute Gasteiger partial charge is 0.189 e. The number of methoxy groups -OCH3 is 2. The number of benzene rings is 1. The van der Waals surface area contributed by atoms with Gasteiger partial charge in [-0.1, -0.05) is 6.08 Å². The number of rotatable bonds is 3. The van der Waals surface area contributed by atoms with E-state index in [4.69, 9.17) is 14.9 Å². The maximum atomic E-state index is 10.0. The van der Waals surface area contributed by atoms with Gasteiger partial charge in [-0.15, -0.1) is 0 Å². The van der Waals surface area contributed by atoms with Crippen molar-refractivity contribution in [1.29, 1.82) is 21.2 Å². The van der Waals surface area contributed by atoms with E-state index in [-0.39, 0.29) is 11.6 Å². The standard InChI is InChI=1S/C20H19N5O2/c1-26-12-3-4-17(27-2)14(7-12)18-16-9-25-6-5-13(16)15(8-21)19(24)20(18,10-22)11-23/h3-5,7,15-16,18,24-25H,6,9H2,1-2H3/t15-,16-,18+/m0/s1. The highest BCUT2D eigenvalue weighted by Crippen LogP contribution is 2.54. The largest absolute Gasteiger partial charge is 0.497 e. The molecule has 0 spiro atoms. The van der Waals surface area contributed by atoms with E-state index < -0.39 is 17.3 Å². The second-order valence-electron chi connectivity index (χ2n) is 6.56. The van der Waals surface area contributed by atoms with Crippen LogP contribution in [0.1, 0.15) is 11.5 Å². The van der Waals surface area contributed by atoms with Crippen LogP contribution in [0.5, 0.6) is 11.5 Å². The van der Waals surface area contributed by atoms with Crippen LogP contribution in [0.15, 0.2) is 29.8 Å². The molecule has 2 N–H and O–H groups in total. The Balaban J connectivity index is 2.32. The van der Waals surface area contributed by atoms with E-state index in [0.717, 1.165) is 5.57 Å². The van der Waals surface area contributed by atoms with Crippen LogP contribution in [-0.2, 0) is 0 Å². The van der Waals surface area contributed by atoms with Crippen LogP contribution in [0.2, 0.25) is 0 Å². The first-order valence-corrected chi connectivity index (χ1v) is 8.51. The molecule has 1 saturated carbocycles. The highest BCUT2D eigenvalue weighted by Gasteiger charge is 2.57. The molecular weight excluding hydrogens is 342 g/mol. The van der Waals surface area contributed by atoms with Gasteiger partial charge in [0.1, 0.15) is 17.4 Å². The Labute approximate surface area is 157 Å². The normalized spacial score (nSPS) is 25.8. The third-order valence-electron chi connectivity index (χ3n) is 5.44. The highest BCUT2D eigenvalue weighted by molar-refractivity contribution is 6.01. The molecule has 1 heterocycles. The number of nitriles is 3. The molecule has 1 aromatic carbocycles. The van der Waals surface area contributed by atoms with Crippen LogP contribution >= 0.6 is 0 Å². The van der Waals surface area contributed by atoms with E-state index in [0.29, 0.717) is 30.2 Å². The Kier molecular flexibility index (Phi) is 4.86. The van der Waals surface area contributed by atoms with Crippen LogP contribution in [0.25, 0.3) is 0 Å². The first kappa shape index (κ1) is 18.5. The fraction of sp³-hybridized carbons (Fsp3) is 0.400. The van der Waals surface area contributed by atoms with Gasteiger partial charge in [-0.2, -0.15) is 15.8 Å². The summed E-state index contributed by atoms with van der Waals surface area (Å²) < 4.78 is 10.8. The molecule has 1 aliphatic heterocycles. The number of hydrogen-bond acceptors (Lipinski definition) is 7. The summed E-state index contributed by atoms with van der Waals surface area (Å²) in [5.41, 5.74) is -0.520. The van der Waals surface area contributed by atoms with E-state index in [1.807, 2.05) is 6.08 Å². The first-order valence-electron chi connectivity index (χ1n) is 8.51. The van der Waals surface area contributed by atoms with Crippen molar-refractivity contribution in [3.63, 3.8) is 0 Å². The molecule has 1 aromatic rings. The van der Waals surface area contributed by atoms with E-state index in [2.05, 4.69) is 23.5 Å². The minimum atomic E-state index is -1.76. The average molecular weight is 361 g/mol. The Morgan fingerprint density at radius 3 is 2.52 bits per heavy atom. The zero-order valence-electron chi connectivity index (χ0n) is 15.1. The molecule has 0 aromatic heterocycles. The molecular formula is C20H19N5O2. The molecule has 7 nitrogen and oxygen atoms in total. The van der Waals surface area contributed by atoms with Crippen molar-refractivity contribution in [3.8, 4) is 29.7 Å². The second kappa shape index (κ2) is 7.11. The summed E-state index contributed by atoms with van der Waals surface area (Å²) in [4.78, 5) is 0. The van der Waals surface area contributed by atoms with Crippen molar-refractivity contribution in [1.82, 2.24) is 5.32 Å². The minimum absolute atomic E-state index is 0.172. The van der Waals surface area contributed by atoms with Crippen LogP contribution in [0, 0.1) is 56.7 Å². The number of hydrogen-bond donors (Lipinski definition) is 2. The zero-order chi connectivity index (χ0) is 19.6. The highest BCUT2D eigenvalue weighted by atomic mass is 16.5. The average Bonchev–Trinajstić information content (AvgIpc) is 2.72. The SMILES string of the molecule is COc1ccc(OC)c([C@@H]2[C@H]3CNCC=C3[C@H](C#N)C(=N)C2(C#N)C#N)c1. The van der Waals surface area contributed by atoms with Crippen molar-refractivity contribution in [2.45, 2.75) is 5.92 Å². The number of fused-ring (bicyclic) bond motifs is 1. The lowest BCUT2D eigenvalue weighted by Crippen LogP contribution is -2.52. The summed E-state index contributed by atoms with van der Waals surface area (Å²) in [6, 6.07) is 11.5. The fourth-order valence-electron chi connectivity index (χ4n) is 4.16. The number of nitrogens with one attached hydrogen (secondary N) is 2. The predicted octanol–water partition coefficient (Wildman–Crippen LogP) is 2.14. The van der Waals surface area contributed by atoms with E-state index in [1.54, 1.807) is 18.2 Å². The molecule has 136 valence electrons.